The van der Waals surface area contributed by atoms with E-state index in [1.54, 1.807) is 13.8 Å². The zero-order valence-corrected chi connectivity index (χ0v) is 21.6. The number of carbonyl (C=O) groups excluding carboxylic acids is 2. The zero-order chi connectivity index (χ0) is 24.8. The molecule has 0 bridgehead atoms. The smallest absolute Gasteiger partial charge is 0.256 e. The van der Waals surface area contributed by atoms with Crippen LogP contribution in [0.3, 0.4) is 0 Å². The minimum atomic E-state index is -2.20. The number of carbonyl (C=O) groups is 2. The van der Waals surface area contributed by atoms with E-state index in [4.69, 9.17) is 19.3 Å². The largest absolute Gasteiger partial charge is 0.490 e. The van der Waals surface area contributed by atoms with Gasteiger partial charge in [0.25, 0.3) is 5.91 Å². The third kappa shape index (κ3) is 5.41. The number of benzene rings is 1. The van der Waals surface area contributed by atoms with Crippen molar-refractivity contribution < 1.29 is 27.6 Å². The first kappa shape index (κ1) is 25.2. The second kappa shape index (κ2) is 8.75. The molecular weight excluding hydrogens is 443 g/mol. The van der Waals surface area contributed by atoms with Crippen LogP contribution in [0.5, 0.6) is 5.75 Å². The van der Waals surface area contributed by atoms with E-state index in [-0.39, 0.29) is 28.5 Å². The SMILES string of the molecule is Cc1oc2cc(F)c(OCC3CC3)cc2c1C(=O)NC(C)(CO[Si](C)(C)C(C)(C)C)C(N)=O. The molecule has 1 aromatic carbocycles. The Morgan fingerprint density at radius 2 is 1.88 bits per heavy atom. The summed E-state index contributed by atoms with van der Waals surface area (Å²) in [4.78, 5) is 25.6. The summed E-state index contributed by atoms with van der Waals surface area (Å²) in [6, 6.07) is 2.70. The molecule has 0 radical (unpaired) electrons. The topological polar surface area (TPSA) is 104 Å². The van der Waals surface area contributed by atoms with Gasteiger partial charge >= 0.3 is 0 Å². The molecule has 1 aliphatic carbocycles. The molecule has 7 nitrogen and oxygen atoms in total. The van der Waals surface area contributed by atoms with Gasteiger partial charge in [-0.1, -0.05) is 20.8 Å². The molecule has 0 saturated heterocycles. The Kier molecular flexibility index (Phi) is 6.69. The molecule has 1 aromatic heterocycles. The number of halogens is 1. The number of nitrogens with one attached hydrogen (secondary N) is 1. The first-order valence-corrected chi connectivity index (χ1v) is 14.2. The highest BCUT2D eigenvalue weighted by atomic mass is 28.4. The highest BCUT2D eigenvalue weighted by molar-refractivity contribution is 6.74. The van der Waals surface area contributed by atoms with Gasteiger partial charge in [0.2, 0.25) is 5.91 Å². The van der Waals surface area contributed by atoms with Crippen molar-refractivity contribution >= 4 is 31.1 Å². The average Bonchev–Trinajstić information content (AvgIpc) is 3.45. The van der Waals surface area contributed by atoms with Crippen molar-refractivity contribution in [1.29, 1.82) is 0 Å². The van der Waals surface area contributed by atoms with E-state index in [1.165, 1.54) is 12.1 Å². The van der Waals surface area contributed by atoms with Crippen molar-refractivity contribution in [2.75, 3.05) is 13.2 Å². The molecule has 2 aromatic rings. The van der Waals surface area contributed by atoms with Gasteiger partial charge in [0.15, 0.2) is 19.9 Å². The fraction of sp³-hybridized carbons (Fsp3) is 0.583. The number of hydrogen-bond donors (Lipinski definition) is 2. The second-order valence-electron chi connectivity index (χ2n) is 10.8. The molecule has 1 unspecified atom stereocenters. The van der Waals surface area contributed by atoms with Crippen molar-refractivity contribution in [3.8, 4) is 5.75 Å². The summed E-state index contributed by atoms with van der Waals surface area (Å²) in [7, 11) is -2.20. The highest BCUT2D eigenvalue weighted by Gasteiger charge is 2.42. The normalized spacial score (nSPS) is 16.5. The number of fused-ring (bicyclic) bond motifs is 1. The highest BCUT2D eigenvalue weighted by Crippen LogP contribution is 2.37. The molecular formula is C24H35FN2O5Si. The molecule has 1 fully saturated rings. The number of rotatable bonds is 9. The van der Waals surface area contributed by atoms with Crippen LogP contribution in [0.15, 0.2) is 16.5 Å². The first-order chi connectivity index (χ1) is 15.1. The lowest BCUT2D eigenvalue weighted by Crippen LogP contribution is -2.60. The van der Waals surface area contributed by atoms with Gasteiger partial charge in [-0.15, -0.1) is 0 Å². The van der Waals surface area contributed by atoms with Crippen molar-refractivity contribution in [3.05, 3.63) is 29.3 Å². The van der Waals surface area contributed by atoms with Gasteiger partial charge in [-0.25, -0.2) is 4.39 Å². The number of furan rings is 1. The summed E-state index contributed by atoms with van der Waals surface area (Å²) in [6.07, 6.45) is 2.15. The molecule has 9 heteroatoms. The van der Waals surface area contributed by atoms with E-state index in [0.717, 1.165) is 12.8 Å². The third-order valence-electron chi connectivity index (χ3n) is 6.78. The molecule has 1 aliphatic rings. The monoisotopic (exact) mass is 478 g/mol. The van der Waals surface area contributed by atoms with Crippen LogP contribution in [0.1, 0.15) is 56.7 Å². The molecule has 2 amide bonds. The van der Waals surface area contributed by atoms with Crippen LogP contribution < -0.4 is 15.8 Å². The minimum absolute atomic E-state index is 0.0518. The standard InChI is InChI=1S/C24H35FN2O5Si/c1-14-20(16-10-19(30-12-15-8-9-15)17(25)11-18(16)32-14)21(28)27-24(5,22(26)29)13-31-33(6,7)23(2,3)4/h10-11,15H,8-9,12-13H2,1-7H3,(H2,26,29)(H,27,28). The minimum Gasteiger partial charge on any atom is -0.490 e. The van der Waals surface area contributed by atoms with Gasteiger partial charge in [0.1, 0.15) is 16.9 Å². The summed E-state index contributed by atoms with van der Waals surface area (Å²) in [5.74, 6) is -0.980. The number of nitrogens with two attached hydrogens (primary N) is 1. The summed E-state index contributed by atoms with van der Waals surface area (Å²) in [5, 5.41) is 3.07. The van der Waals surface area contributed by atoms with Crippen LogP contribution in [0.2, 0.25) is 18.1 Å². The molecule has 33 heavy (non-hydrogen) atoms. The van der Waals surface area contributed by atoms with E-state index < -0.39 is 31.5 Å². The molecule has 3 rings (SSSR count). The van der Waals surface area contributed by atoms with Gasteiger partial charge in [0.05, 0.1) is 18.8 Å². The quantitative estimate of drug-likeness (QED) is 0.510. The van der Waals surface area contributed by atoms with E-state index in [2.05, 4.69) is 39.2 Å². The van der Waals surface area contributed by atoms with Gasteiger partial charge in [-0.05, 0) is 56.8 Å². The summed E-state index contributed by atoms with van der Waals surface area (Å²) < 4.78 is 31.9. The Morgan fingerprint density at radius 3 is 2.42 bits per heavy atom. The lowest BCUT2D eigenvalue weighted by Gasteiger charge is -2.39. The van der Waals surface area contributed by atoms with E-state index in [9.17, 15) is 14.0 Å². The van der Waals surface area contributed by atoms with Crippen molar-refractivity contribution in [1.82, 2.24) is 5.32 Å². The molecule has 0 spiro atoms. The van der Waals surface area contributed by atoms with Gasteiger partial charge in [0, 0.05) is 11.5 Å². The van der Waals surface area contributed by atoms with Crippen molar-refractivity contribution in [3.63, 3.8) is 0 Å². The van der Waals surface area contributed by atoms with Crippen LogP contribution in [0, 0.1) is 18.7 Å². The maximum Gasteiger partial charge on any atom is 0.256 e. The zero-order valence-electron chi connectivity index (χ0n) is 20.6. The average molecular weight is 479 g/mol. The molecule has 3 N–H and O–H groups in total. The molecule has 1 heterocycles. The predicted molar refractivity (Wildman–Crippen MR) is 127 cm³/mol. The fourth-order valence-corrected chi connectivity index (χ4v) is 4.21. The van der Waals surface area contributed by atoms with Crippen LogP contribution in [-0.4, -0.2) is 38.9 Å². The third-order valence-corrected chi connectivity index (χ3v) is 11.3. The molecule has 182 valence electrons. The number of hydrogen-bond acceptors (Lipinski definition) is 5. The Balaban J connectivity index is 1.87. The fourth-order valence-electron chi connectivity index (χ4n) is 3.13. The maximum atomic E-state index is 14.5. The van der Waals surface area contributed by atoms with Crippen molar-refractivity contribution in [2.45, 2.75) is 71.1 Å². The van der Waals surface area contributed by atoms with E-state index in [0.29, 0.717) is 23.7 Å². The van der Waals surface area contributed by atoms with Gasteiger partial charge in [-0.3, -0.25) is 9.59 Å². The van der Waals surface area contributed by atoms with Crippen LogP contribution >= 0.6 is 0 Å². The summed E-state index contributed by atoms with van der Waals surface area (Å²) in [5.41, 5.74) is 4.67. The van der Waals surface area contributed by atoms with Crippen LogP contribution in [-0.2, 0) is 9.22 Å². The second-order valence-corrected chi connectivity index (χ2v) is 15.6. The Labute approximate surface area is 195 Å². The Bertz CT molecular complexity index is 1070. The first-order valence-electron chi connectivity index (χ1n) is 11.3. The molecule has 1 atom stereocenters. The lowest BCUT2D eigenvalue weighted by molar-refractivity contribution is -0.124. The number of amides is 2. The number of ether oxygens (including phenoxy) is 1. The Morgan fingerprint density at radius 1 is 1.24 bits per heavy atom. The molecule has 1 saturated carbocycles. The summed E-state index contributed by atoms with van der Waals surface area (Å²) >= 11 is 0. The van der Waals surface area contributed by atoms with E-state index >= 15 is 0 Å². The Hall–Kier alpha value is -2.39. The van der Waals surface area contributed by atoms with E-state index in [1.807, 2.05) is 0 Å². The van der Waals surface area contributed by atoms with Crippen LogP contribution in [0.4, 0.5) is 4.39 Å². The van der Waals surface area contributed by atoms with Crippen LogP contribution in [0.25, 0.3) is 11.0 Å². The van der Waals surface area contributed by atoms with Gasteiger partial charge < -0.3 is 24.6 Å². The molecule has 0 aliphatic heterocycles. The number of aryl methyl sites for hydroxylation is 1. The van der Waals surface area contributed by atoms with Gasteiger partial charge in [-0.2, -0.15) is 0 Å². The number of primary amides is 1. The lowest BCUT2D eigenvalue weighted by atomic mass is 10.0. The summed E-state index contributed by atoms with van der Waals surface area (Å²) in [6.45, 7) is 13.9. The van der Waals surface area contributed by atoms with Crippen molar-refractivity contribution in [2.24, 2.45) is 11.7 Å². The predicted octanol–water partition coefficient (Wildman–Crippen LogP) is 4.66. The maximum absolute atomic E-state index is 14.5.